The Labute approximate surface area is 100 Å². The molecule has 0 unspecified atom stereocenters. The van der Waals surface area contributed by atoms with Gasteiger partial charge in [0.25, 0.3) is 5.95 Å². The smallest absolute Gasteiger partial charge is 0.256 e. The normalized spacial score (nSPS) is 10.5. The summed E-state index contributed by atoms with van der Waals surface area (Å²) in [7, 11) is 2.97. The summed E-state index contributed by atoms with van der Waals surface area (Å²) in [6.45, 7) is 0. The molecule has 1 heterocycles. The number of aromatic nitrogens is 1. The zero-order valence-electron chi connectivity index (χ0n) is 8.75. The Morgan fingerprint density at radius 1 is 1.19 bits per heavy atom. The van der Waals surface area contributed by atoms with Crippen LogP contribution in [-0.4, -0.2) is 19.2 Å². The number of nitrogens with zero attached hydrogens (tertiary/aromatic N) is 1. The average molecular weight is 286 g/mol. The molecule has 0 N–H and O–H groups in total. The number of halogens is 2. The Bertz CT molecular complexity index is 545. The predicted octanol–water partition coefficient (Wildman–Crippen LogP) is 3.15. The summed E-state index contributed by atoms with van der Waals surface area (Å²) >= 11 is 3.21. The molecule has 0 saturated heterocycles. The van der Waals surface area contributed by atoms with Crippen molar-refractivity contribution in [3.8, 4) is 11.5 Å². The van der Waals surface area contributed by atoms with Crippen molar-refractivity contribution in [3.63, 3.8) is 0 Å². The van der Waals surface area contributed by atoms with Gasteiger partial charge in [-0.1, -0.05) is 0 Å². The number of fused-ring (bicyclic) bond motifs is 1. The fraction of sp³-hybridized carbons (Fsp3) is 0.182. The van der Waals surface area contributed by atoms with Crippen LogP contribution in [0.15, 0.2) is 22.8 Å². The standard InChI is InChI=1S/C11H9BrFNO2/c1-15-6-3-4-7-8(5-6)9(16-2)11(13)14-10(7)12/h3-5H,1-2H3. The van der Waals surface area contributed by atoms with E-state index < -0.39 is 5.95 Å². The van der Waals surface area contributed by atoms with Gasteiger partial charge in [-0.2, -0.15) is 4.39 Å². The second-order valence-electron chi connectivity index (χ2n) is 3.14. The topological polar surface area (TPSA) is 31.4 Å². The third kappa shape index (κ3) is 1.71. The minimum absolute atomic E-state index is 0.122. The summed E-state index contributed by atoms with van der Waals surface area (Å²) in [6, 6.07) is 5.29. The van der Waals surface area contributed by atoms with Crippen LogP contribution >= 0.6 is 15.9 Å². The van der Waals surface area contributed by atoms with Crippen LogP contribution in [0.1, 0.15) is 0 Å². The molecule has 0 aliphatic heterocycles. The van der Waals surface area contributed by atoms with E-state index in [9.17, 15) is 4.39 Å². The molecular formula is C11H9BrFNO2. The number of benzene rings is 1. The van der Waals surface area contributed by atoms with Crippen molar-refractivity contribution < 1.29 is 13.9 Å². The van der Waals surface area contributed by atoms with Gasteiger partial charge >= 0.3 is 0 Å². The predicted molar refractivity (Wildman–Crippen MR) is 62.5 cm³/mol. The van der Waals surface area contributed by atoms with Crippen LogP contribution in [0.2, 0.25) is 0 Å². The zero-order chi connectivity index (χ0) is 11.7. The van der Waals surface area contributed by atoms with Gasteiger partial charge in [0, 0.05) is 10.8 Å². The quantitative estimate of drug-likeness (QED) is 0.795. The molecule has 1 aromatic carbocycles. The fourth-order valence-corrected chi connectivity index (χ4v) is 2.02. The fourth-order valence-electron chi connectivity index (χ4n) is 1.52. The highest BCUT2D eigenvalue weighted by molar-refractivity contribution is 9.10. The molecule has 0 aliphatic rings. The Morgan fingerprint density at radius 3 is 2.56 bits per heavy atom. The van der Waals surface area contributed by atoms with E-state index in [0.717, 1.165) is 5.39 Å². The second kappa shape index (κ2) is 4.25. The molecule has 0 bridgehead atoms. The van der Waals surface area contributed by atoms with Gasteiger partial charge in [-0.05, 0) is 34.1 Å². The number of methoxy groups -OCH3 is 2. The summed E-state index contributed by atoms with van der Waals surface area (Å²) < 4.78 is 24.0. The molecule has 0 atom stereocenters. The highest BCUT2D eigenvalue weighted by atomic mass is 79.9. The number of pyridine rings is 1. The van der Waals surface area contributed by atoms with E-state index in [4.69, 9.17) is 9.47 Å². The molecule has 3 nitrogen and oxygen atoms in total. The van der Waals surface area contributed by atoms with Crippen LogP contribution in [0.5, 0.6) is 11.5 Å². The van der Waals surface area contributed by atoms with Crippen molar-refractivity contribution >= 4 is 26.7 Å². The Kier molecular flexibility index (Phi) is 2.96. The number of hydrogen-bond acceptors (Lipinski definition) is 3. The summed E-state index contributed by atoms with van der Waals surface area (Å²) in [5.41, 5.74) is 0. The summed E-state index contributed by atoms with van der Waals surface area (Å²) in [5.74, 6) is 0.121. The largest absolute Gasteiger partial charge is 0.497 e. The maximum atomic E-state index is 13.5. The van der Waals surface area contributed by atoms with E-state index in [2.05, 4.69) is 20.9 Å². The maximum Gasteiger partial charge on any atom is 0.256 e. The van der Waals surface area contributed by atoms with Gasteiger partial charge in [-0.3, -0.25) is 0 Å². The van der Waals surface area contributed by atoms with Crippen LogP contribution in [0.25, 0.3) is 10.8 Å². The third-order valence-electron chi connectivity index (χ3n) is 2.28. The molecule has 0 aliphatic carbocycles. The van der Waals surface area contributed by atoms with E-state index in [-0.39, 0.29) is 5.75 Å². The first-order valence-corrected chi connectivity index (χ1v) is 5.33. The van der Waals surface area contributed by atoms with E-state index in [1.165, 1.54) is 7.11 Å². The molecule has 0 saturated carbocycles. The lowest BCUT2D eigenvalue weighted by Gasteiger charge is -2.09. The van der Waals surface area contributed by atoms with Gasteiger partial charge in [0.1, 0.15) is 10.4 Å². The van der Waals surface area contributed by atoms with Gasteiger partial charge in [0.15, 0.2) is 5.75 Å². The van der Waals surface area contributed by atoms with Crippen molar-refractivity contribution in [3.05, 3.63) is 28.7 Å². The Morgan fingerprint density at radius 2 is 1.94 bits per heavy atom. The van der Waals surface area contributed by atoms with Gasteiger partial charge in [-0.15, -0.1) is 0 Å². The number of ether oxygens (including phenoxy) is 2. The molecular weight excluding hydrogens is 277 g/mol. The molecule has 5 heteroatoms. The zero-order valence-corrected chi connectivity index (χ0v) is 10.3. The molecule has 84 valence electrons. The van der Waals surface area contributed by atoms with E-state index in [1.54, 1.807) is 25.3 Å². The van der Waals surface area contributed by atoms with Crippen LogP contribution in [0.3, 0.4) is 0 Å². The van der Waals surface area contributed by atoms with Crippen LogP contribution < -0.4 is 9.47 Å². The Balaban J connectivity index is 2.84. The second-order valence-corrected chi connectivity index (χ2v) is 3.89. The molecule has 0 fully saturated rings. The first-order chi connectivity index (χ1) is 7.67. The van der Waals surface area contributed by atoms with Gasteiger partial charge in [0.2, 0.25) is 0 Å². The first-order valence-electron chi connectivity index (χ1n) is 4.54. The molecule has 2 rings (SSSR count). The highest BCUT2D eigenvalue weighted by Crippen LogP contribution is 2.34. The van der Waals surface area contributed by atoms with Crippen LogP contribution in [0.4, 0.5) is 4.39 Å². The molecule has 1 aromatic heterocycles. The Hall–Kier alpha value is -1.36. The van der Waals surface area contributed by atoms with E-state index in [1.807, 2.05) is 0 Å². The monoisotopic (exact) mass is 285 g/mol. The minimum Gasteiger partial charge on any atom is -0.497 e. The lowest BCUT2D eigenvalue weighted by molar-refractivity contribution is 0.382. The third-order valence-corrected chi connectivity index (χ3v) is 2.89. The number of hydrogen-bond donors (Lipinski definition) is 0. The van der Waals surface area contributed by atoms with Gasteiger partial charge in [0.05, 0.1) is 14.2 Å². The van der Waals surface area contributed by atoms with Crippen molar-refractivity contribution in [1.82, 2.24) is 4.98 Å². The van der Waals surface area contributed by atoms with E-state index in [0.29, 0.717) is 15.7 Å². The van der Waals surface area contributed by atoms with Crippen LogP contribution in [-0.2, 0) is 0 Å². The summed E-state index contributed by atoms with van der Waals surface area (Å²) in [5, 5.41) is 1.40. The minimum atomic E-state index is -0.643. The molecule has 0 radical (unpaired) electrons. The highest BCUT2D eigenvalue weighted by Gasteiger charge is 2.13. The van der Waals surface area contributed by atoms with Gasteiger partial charge < -0.3 is 9.47 Å². The average Bonchev–Trinajstić information content (AvgIpc) is 2.28. The van der Waals surface area contributed by atoms with Crippen molar-refractivity contribution in [1.29, 1.82) is 0 Å². The lowest BCUT2D eigenvalue weighted by Crippen LogP contribution is -1.95. The van der Waals surface area contributed by atoms with Crippen LogP contribution in [0, 0.1) is 5.95 Å². The first kappa shape index (κ1) is 11.1. The summed E-state index contributed by atoms with van der Waals surface area (Å²) in [6.07, 6.45) is 0. The van der Waals surface area contributed by atoms with Crippen molar-refractivity contribution in [2.45, 2.75) is 0 Å². The summed E-state index contributed by atoms with van der Waals surface area (Å²) in [4.78, 5) is 3.71. The lowest BCUT2D eigenvalue weighted by atomic mass is 10.1. The molecule has 2 aromatic rings. The molecule has 0 amide bonds. The maximum absolute atomic E-state index is 13.5. The van der Waals surface area contributed by atoms with Gasteiger partial charge in [-0.25, -0.2) is 4.98 Å². The van der Waals surface area contributed by atoms with E-state index >= 15 is 0 Å². The SMILES string of the molecule is COc1ccc2c(Br)nc(F)c(OC)c2c1. The van der Waals surface area contributed by atoms with Crippen molar-refractivity contribution in [2.75, 3.05) is 14.2 Å². The molecule has 16 heavy (non-hydrogen) atoms. The number of rotatable bonds is 2. The molecule has 0 spiro atoms. The van der Waals surface area contributed by atoms with Crippen molar-refractivity contribution in [2.24, 2.45) is 0 Å².